The zero-order valence-corrected chi connectivity index (χ0v) is 17.8. The maximum atomic E-state index is 12.9. The Morgan fingerprint density at radius 3 is 1.94 bits per heavy atom. The molecule has 194 valence electrons. The first-order valence-corrected chi connectivity index (χ1v) is 10.6. The fraction of sp³-hybridized carbons (Fsp3) is 0.944. The highest BCUT2D eigenvalue weighted by Gasteiger charge is 2.50. The molecule has 0 aromatic heterocycles. The molecule has 2 aliphatic heterocycles. The van der Waals surface area contributed by atoms with Crippen LogP contribution in [-0.4, -0.2) is 144 Å². The number of aliphatic hydroxyl groups is 8. The molecule has 0 aromatic carbocycles. The Bertz CT molecular complexity index is 612. The number of esters is 1. The number of aliphatic hydroxyl groups excluding tert-OH is 8. The Hall–Kier alpha value is -1.05. The van der Waals surface area contributed by atoms with Crippen LogP contribution in [0.1, 0.15) is 19.3 Å². The lowest BCUT2D eigenvalue weighted by atomic mass is 9.97. The molecule has 0 spiro atoms. The summed E-state index contributed by atoms with van der Waals surface area (Å²) in [4.78, 5) is 12.9. The number of carbonyl (C=O) groups is 1. The third-order valence-electron chi connectivity index (χ3n) is 5.73. The number of ether oxygens (including phenoxy) is 3. The molecule has 15 heteroatoms. The zero-order valence-electron chi connectivity index (χ0n) is 17.8. The molecule has 0 aliphatic carbocycles. The highest BCUT2D eigenvalue weighted by atomic mass is 16.7. The van der Waals surface area contributed by atoms with Crippen LogP contribution in [0.5, 0.6) is 0 Å². The van der Waals surface area contributed by atoms with E-state index >= 15 is 0 Å². The molecule has 11 atom stereocenters. The standard InChI is InChI=1S/C18H34N2O13/c19-4-2-1-3-7(20(30)16-14(27)12(25)10(23)8(5-21)31-16)17(29)33-18-15(28)13(26)11(24)9(6-22)32-18/h7-16,18,21-28,30H,1-6,19H2/t7-,8+,9+,10+,11-,12-,13-,14+,15+,16?,18?/m0/s1. The molecule has 0 aromatic rings. The van der Waals surface area contributed by atoms with E-state index in [2.05, 4.69) is 0 Å². The van der Waals surface area contributed by atoms with Gasteiger partial charge in [0.25, 0.3) is 0 Å². The summed E-state index contributed by atoms with van der Waals surface area (Å²) in [5.74, 6) is -1.20. The average molecular weight is 486 g/mol. The van der Waals surface area contributed by atoms with Crippen LogP contribution in [0.25, 0.3) is 0 Å². The predicted octanol–water partition coefficient (Wildman–Crippen LogP) is -5.68. The Morgan fingerprint density at radius 1 is 0.848 bits per heavy atom. The Balaban J connectivity index is 2.19. The van der Waals surface area contributed by atoms with Gasteiger partial charge in [-0.05, 0) is 25.8 Å². The van der Waals surface area contributed by atoms with Gasteiger partial charge in [0.15, 0.2) is 6.23 Å². The lowest BCUT2D eigenvalue weighted by Gasteiger charge is -2.44. The van der Waals surface area contributed by atoms with Crippen molar-refractivity contribution >= 4 is 5.97 Å². The number of nitrogens with two attached hydrogens (primary N) is 1. The van der Waals surface area contributed by atoms with E-state index in [1.807, 2.05) is 0 Å². The molecule has 11 N–H and O–H groups in total. The van der Waals surface area contributed by atoms with Crippen molar-refractivity contribution in [3.63, 3.8) is 0 Å². The molecule has 2 unspecified atom stereocenters. The minimum Gasteiger partial charge on any atom is -0.431 e. The SMILES string of the molecule is NCCCC[C@@H](C(=O)OC1O[C@H](CO)[C@H](O)[C@H](O)[C@H]1O)N(O)C1O[C@H](CO)[C@@H](O)[C@H](O)[C@H]1O. The molecule has 0 bridgehead atoms. The first kappa shape index (κ1) is 28.2. The van der Waals surface area contributed by atoms with Gasteiger partial charge in [0.1, 0.15) is 54.9 Å². The molecule has 2 fully saturated rings. The number of unbranched alkanes of at least 4 members (excludes halogenated alkanes) is 1. The molecular weight excluding hydrogens is 452 g/mol. The van der Waals surface area contributed by atoms with Gasteiger partial charge in [-0.2, -0.15) is 0 Å². The fourth-order valence-corrected chi connectivity index (χ4v) is 3.68. The monoisotopic (exact) mass is 486 g/mol. The molecule has 2 rings (SSSR count). The molecule has 33 heavy (non-hydrogen) atoms. The lowest BCUT2D eigenvalue weighted by molar-refractivity contribution is -0.334. The molecule has 2 heterocycles. The summed E-state index contributed by atoms with van der Waals surface area (Å²) in [6.07, 6.45) is -16.4. The molecule has 15 nitrogen and oxygen atoms in total. The van der Waals surface area contributed by atoms with E-state index < -0.39 is 86.6 Å². The Labute approximate surface area is 189 Å². The first-order valence-electron chi connectivity index (χ1n) is 10.6. The van der Waals surface area contributed by atoms with Crippen LogP contribution in [0.15, 0.2) is 0 Å². The van der Waals surface area contributed by atoms with Gasteiger partial charge >= 0.3 is 5.97 Å². The number of carbonyl (C=O) groups excluding carboxylic acids is 1. The van der Waals surface area contributed by atoms with Crippen molar-refractivity contribution < 1.29 is 65.1 Å². The van der Waals surface area contributed by atoms with Gasteiger partial charge in [0.05, 0.1) is 13.2 Å². The summed E-state index contributed by atoms with van der Waals surface area (Å²) in [7, 11) is 0. The van der Waals surface area contributed by atoms with Crippen LogP contribution in [0.2, 0.25) is 0 Å². The van der Waals surface area contributed by atoms with Crippen LogP contribution in [0, 0.1) is 0 Å². The Kier molecular flexibility index (Phi) is 10.8. The summed E-state index contributed by atoms with van der Waals surface area (Å²) in [5, 5.41) is 89.5. The van der Waals surface area contributed by atoms with E-state index in [0.29, 0.717) is 12.8 Å². The summed E-state index contributed by atoms with van der Waals surface area (Å²) >= 11 is 0. The van der Waals surface area contributed by atoms with Gasteiger partial charge in [-0.25, -0.2) is 0 Å². The predicted molar refractivity (Wildman–Crippen MR) is 104 cm³/mol. The van der Waals surface area contributed by atoms with Crippen LogP contribution >= 0.6 is 0 Å². The maximum absolute atomic E-state index is 12.9. The van der Waals surface area contributed by atoms with Crippen molar-refractivity contribution in [3.05, 3.63) is 0 Å². The maximum Gasteiger partial charge on any atom is 0.328 e. The van der Waals surface area contributed by atoms with Gasteiger partial charge in [-0.1, -0.05) is 0 Å². The fourth-order valence-electron chi connectivity index (χ4n) is 3.68. The summed E-state index contributed by atoms with van der Waals surface area (Å²) in [6.45, 7) is -1.25. The van der Waals surface area contributed by atoms with E-state index in [-0.39, 0.29) is 18.0 Å². The number of rotatable bonds is 10. The topological polar surface area (TPSA) is 256 Å². The molecular formula is C18H34N2O13. The largest absolute Gasteiger partial charge is 0.431 e. The highest BCUT2D eigenvalue weighted by molar-refractivity contribution is 5.75. The third-order valence-corrected chi connectivity index (χ3v) is 5.73. The molecule has 0 saturated carbocycles. The number of hydrogen-bond donors (Lipinski definition) is 10. The van der Waals surface area contributed by atoms with Gasteiger partial charge in [-0.15, -0.1) is 5.06 Å². The van der Waals surface area contributed by atoms with Crippen LogP contribution in [0.3, 0.4) is 0 Å². The van der Waals surface area contributed by atoms with Crippen molar-refractivity contribution in [2.75, 3.05) is 19.8 Å². The number of nitrogens with zero attached hydrogens (tertiary/aromatic N) is 1. The highest BCUT2D eigenvalue weighted by Crippen LogP contribution is 2.27. The average Bonchev–Trinajstić information content (AvgIpc) is 2.80. The normalized spacial score (nSPS) is 40.6. The second kappa shape index (κ2) is 12.6. The second-order valence-corrected chi connectivity index (χ2v) is 8.03. The molecule has 0 amide bonds. The second-order valence-electron chi connectivity index (χ2n) is 8.03. The van der Waals surface area contributed by atoms with E-state index in [0.717, 1.165) is 0 Å². The first-order chi connectivity index (χ1) is 15.6. The Morgan fingerprint density at radius 2 is 1.39 bits per heavy atom. The third kappa shape index (κ3) is 6.34. The van der Waals surface area contributed by atoms with Crippen molar-refractivity contribution in [2.45, 2.75) is 86.7 Å². The van der Waals surface area contributed by atoms with Crippen LogP contribution < -0.4 is 5.73 Å². The van der Waals surface area contributed by atoms with E-state index in [1.165, 1.54) is 0 Å². The van der Waals surface area contributed by atoms with Gasteiger partial charge < -0.3 is 66.0 Å². The minimum absolute atomic E-state index is 0.0982. The van der Waals surface area contributed by atoms with Crippen molar-refractivity contribution in [1.82, 2.24) is 5.06 Å². The van der Waals surface area contributed by atoms with Gasteiger partial charge in [-0.3, -0.25) is 4.79 Å². The smallest absolute Gasteiger partial charge is 0.328 e. The molecule has 2 saturated heterocycles. The van der Waals surface area contributed by atoms with E-state index in [4.69, 9.17) is 19.9 Å². The summed E-state index contributed by atoms with van der Waals surface area (Å²) < 4.78 is 15.5. The zero-order chi connectivity index (χ0) is 24.9. The van der Waals surface area contributed by atoms with E-state index in [9.17, 15) is 50.9 Å². The molecule has 0 radical (unpaired) electrons. The van der Waals surface area contributed by atoms with Crippen LogP contribution in [0.4, 0.5) is 0 Å². The van der Waals surface area contributed by atoms with E-state index in [1.54, 1.807) is 0 Å². The van der Waals surface area contributed by atoms with Gasteiger partial charge in [0.2, 0.25) is 6.29 Å². The molecule has 2 aliphatic rings. The number of hydroxylamine groups is 2. The van der Waals surface area contributed by atoms with Crippen molar-refractivity contribution in [3.8, 4) is 0 Å². The summed E-state index contributed by atoms with van der Waals surface area (Å²) in [5.41, 5.74) is 5.45. The van der Waals surface area contributed by atoms with Crippen LogP contribution in [-0.2, 0) is 19.0 Å². The van der Waals surface area contributed by atoms with Crippen molar-refractivity contribution in [1.29, 1.82) is 0 Å². The van der Waals surface area contributed by atoms with Gasteiger partial charge in [0, 0.05) is 0 Å². The number of hydrogen-bond acceptors (Lipinski definition) is 15. The summed E-state index contributed by atoms with van der Waals surface area (Å²) in [6, 6.07) is -1.56. The van der Waals surface area contributed by atoms with Crippen molar-refractivity contribution in [2.24, 2.45) is 5.73 Å². The minimum atomic E-state index is -1.88. The lowest BCUT2D eigenvalue weighted by Crippen LogP contribution is -2.65. The quantitative estimate of drug-likeness (QED) is 0.0784.